The molecule has 0 spiro atoms. The van der Waals surface area contributed by atoms with Crippen molar-refractivity contribution in [3.8, 4) is 10.6 Å². The first-order chi connectivity index (χ1) is 12.1. The van der Waals surface area contributed by atoms with Crippen LogP contribution in [0.2, 0.25) is 0 Å². The average Bonchev–Trinajstić information content (AvgIpc) is 3.24. The zero-order valence-corrected chi connectivity index (χ0v) is 16.0. The first-order valence-electron chi connectivity index (χ1n) is 8.35. The zero-order valence-electron chi connectivity index (χ0n) is 14.4. The smallest absolute Gasteiger partial charge is 0.321 e. The minimum Gasteiger partial charge on any atom is -0.374 e. The van der Waals surface area contributed by atoms with E-state index in [-0.39, 0.29) is 12.1 Å². The van der Waals surface area contributed by atoms with E-state index in [9.17, 15) is 4.79 Å². The normalized spacial score (nSPS) is 18.4. The van der Waals surface area contributed by atoms with E-state index >= 15 is 0 Å². The SMILES string of the molecule is CC(C)CN1CCOC(CNC(=O)Nc2nnc(-c3ccsc3)s2)C1. The van der Waals surface area contributed by atoms with Crippen LogP contribution in [0.5, 0.6) is 0 Å². The summed E-state index contributed by atoms with van der Waals surface area (Å²) in [7, 11) is 0. The summed E-state index contributed by atoms with van der Waals surface area (Å²) in [5, 5.41) is 19.0. The van der Waals surface area contributed by atoms with E-state index in [1.165, 1.54) is 11.3 Å². The minimum atomic E-state index is -0.280. The van der Waals surface area contributed by atoms with Gasteiger partial charge in [0.1, 0.15) is 5.01 Å². The number of hydrogen-bond donors (Lipinski definition) is 2. The van der Waals surface area contributed by atoms with Gasteiger partial charge < -0.3 is 10.1 Å². The lowest BCUT2D eigenvalue weighted by atomic mass is 10.2. The number of nitrogens with one attached hydrogen (secondary N) is 2. The summed E-state index contributed by atoms with van der Waals surface area (Å²) in [4.78, 5) is 14.4. The van der Waals surface area contributed by atoms with Crippen molar-refractivity contribution in [1.82, 2.24) is 20.4 Å². The van der Waals surface area contributed by atoms with Gasteiger partial charge in [0.15, 0.2) is 0 Å². The van der Waals surface area contributed by atoms with Gasteiger partial charge in [0.25, 0.3) is 0 Å². The van der Waals surface area contributed by atoms with Crippen molar-refractivity contribution in [3.05, 3.63) is 16.8 Å². The van der Waals surface area contributed by atoms with Crippen LogP contribution < -0.4 is 10.6 Å². The van der Waals surface area contributed by atoms with Crippen molar-refractivity contribution < 1.29 is 9.53 Å². The summed E-state index contributed by atoms with van der Waals surface area (Å²) in [6.07, 6.45) is 0.0223. The van der Waals surface area contributed by atoms with E-state index in [0.29, 0.717) is 24.2 Å². The Kier molecular flexibility index (Phi) is 6.35. The molecule has 2 aromatic rings. The maximum atomic E-state index is 12.1. The van der Waals surface area contributed by atoms with Crippen molar-refractivity contribution >= 4 is 33.8 Å². The fraction of sp³-hybridized carbons (Fsp3) is 0.562. The van der Waals surface area contributed by atoms with Gasteiger partial charge in [-0.1, -0.05) is 25.2 Å². The Balaban J connectivity index is 1.43. The number of hydrogen-bond acceptors (Lipinski definition) is 7. The molecule has 7 nitrogen and oxygen atoms in total. The van der Waals surface area contributed by atoms with Crippen molar-refractivity contribution in [2.75, 3.05) is 38.1 Å². The van der Waals surface area contributed by atoms with Crippen LogP contribution in [-0.4, -0.2) is 60.0 Å². The summed E-state index contributed by atoms with van der Waals surface area (Å²) >= 11 is 2.97. The van der Waals surface area contributed by atoms with Crippen LogP contribution in [0.25, 0.3) is 10.6 Å². The van der Waals surface area contributed by atoms with Crippen LogP contribution >= 0.6 is 22.7 Å². The number of urea groups is 1. The molecule has 9 heteroatoms. The van der Waals surface area contributed by atoms with E-state index < -0.39 is 0 Å². The van der Waals surface area contributed by atoms with Crippen LogP contribution in [-0.2, 0) is 4.74 Å². The molecule has 3 heterocycles. The number of carbonyl (C=O) groups is 1. The lowest BCUT2D eigenvalue weighted by molar-refractivity contribution is -0.0288. The van der Waals surface area contributed by atoms with E-state index in [1.54, 1.807) is 11.3 Å². The number of ether oxygens (including phenoxy) is 1. The molecule has 0 bridgehead atoms. The highest BCUT2D eigenvalue weighted by Crippen LogP contribution is 2.27. The predicted octanol–water partition coefficient (Wildman–Crippen LogP) is 2.74. The van der Waals surface area contributed by atoms with Gasteiger partial charge in [0, 0.05) is 37.1 Å². The molecular weight excluding hydrogens is 358 g/mol. The summed E-state index contributed by atoms with van der Waals surface area (Å²) in [5.74, 6) is 0.629. The molecule has 0 aromatic carbocycles. The molecule has 25 heavy (non-hydrogen) atoms. The molecule has 1 unspecified atom stereocenters. The first-order valence-corrected chi connectivity index (χ1v) is 10.1. The van der Waals surface area contributed by atoms with Crippen LogP contribution in [0.3, 0.4) is 0 Å². The van der Waals surface area contributed by atoms with Crippen molar-refractivity contribution in [3.63, 3.8) is 0 Å². The van der Waals surface area contributed by atoms with E-state index in [1.807, 2.05) is 16.8 Å². The highest BCUT2D eigenvalue weighted by Gasteiger charge is 2.21. The monoisotopic (exact) mass is 381 g/mol. The van der Waals surface area contributed by atoms with Gasteiger partial charge in [-0.05, 0) is 17.4 Å². The summed E-state index contributed by atoms with van der Waals surface area (Å²) < 4.78 is 5.74. The van der Waals surface area contributed by atoms with Gasteiger partial charge in [-0.25, -0.2) is 4.79 Å². The molecule has 1 aliphatic heterocycles. The van der Waals surface area contributed by atoms with Crippen LogP contribution in [0.15, 0.2) is 16.8 Å². The molecule has 136 valence electrons. The van der Waals surface area contributed by atoms with Crippen molar-refractivity contribution in [1.29, 1.82) is 0 Å². The Morgan fingerprint density at radius 1 is 1.48 bits per heavy atom. The number of aromatic nitrogens is 2. The van der Waals surface area contributed by atoms with Gasteiger partial charge in [-0.15, -0.1) is 10.2 Å². The maximum absolute atomic E-state index is 12.1. The first kappa shape index (κ1) is 18.2. The fourth-order valence-electron chi connectivity index (χ4n) is 2.71. The van der Waals surface area contributed by atoms with Crippen LogP contribution in [0, 0.1) is 5.92 Å². The second-order valence-electron chi connectivity index (χ2n) is 6.41. The Morgan fingerprint density at radius 3 is 3.12 bits per heavy atom. The Hall–Kier alpha value is -1.55. The number of carbonyl (C=O) groups excluding carboxylic acids is 1. The lowest BCUT2D eigenvalue weighted by Gasteiger charge is -2.33. The highest BCUT2D eigenvalue weighted by molar-refractivity contribution is 7.19. The number of amides is 2. The molecule has 3 rings (SSSR count). The minimum absolute atomic E-state index is 0.0223. The third kappa shape index (κ3) is 5.46. The largest absolute Gasteiger partial charge is 0.374 e. The summed E-state index contributed by atoms with van der Waals surface area (Å²) in [5.41, 5.74) is 1.02. The molecule has 2 N–H and O–H groups in total. The predicted molar refractivity (Wildman–Crippen MR) is 101 cm³/mol. The Bertz CT molecular complexity index is 674. The van der Waals surface area contributed by atoms with Gasteiger partial charge in [0.05, 0.1) is 12.7 Å². The number of thiophene rings is 1. The van der Waals surface area contributed by atoms with Crippen molar-refractivity contribution in [2.45, 2.75) is 20.0 Å². The molecule has 0 saturated carbocycles. The average molecular weight is 382 g/mol. The molecule has 0 radical (unpaired) electrons. The van der Waals surface area contributed by atoms with Crippen LogP contribution in [0.4, 0.5) is 9.93 Å². The molecule has 1 fully saturated rings. The lowest BCUT2D eigenvalue weighted by Crippen LogP contribution is -2.48. The van der Waals surface area contributed by atoms with Gasteiger partial charge in [-0.3, -0.25) is 10.2 Å². The van der Waals surface area contributed by atoms with Gasteiger partial charge in [0.2, 0.25) is 5.13 Å². The van der Waals surface area contributed by atoms with E-state index in [0.717, 1.165) is 30.2 Å². The summed E-state index contributed by atoms with van der Waals surface area (Å²) in [6.45, 7) is 8.47. The van der Waals surface area contributed by atoms with Gasteiger partial charge in [-0.2, -0.15) is 11.3 Å². The Morgan fingerprint density at radius 2 is 2.36 bits per heavy atom. The molecule has 1 atom stereocenters. The molecule has 2 aromatic heterocycles. The van der Waals surface area contributed by atoms with Crippen molar-refractivity contribution in [2.24, 2.45) is 5.92 Å². The fourth-order valence-corrected chi connectivity index (χ4v) is 4.16. The second kappa shape index (κ2) is 8.70. The van der Waals surface area contributed by atoms with E-state index in [4.69, 9.17) is 4.74 Å². The quantitative estimate of drug-likeness (QED) is 0.804. The topological polar surface area (TPSA) is 79.4 Å². The van der Waals surface area contributed by atoms with E-state index in [2.05, 4.69) is 39.6 Å². The molecule has 2 amide bonds. The maximum Gasteiger partial charge on any atom is 0.321 e. The highest BCUT2D eigenvalue weighted by atomic mass is 32.1. The number of anilines is 1. The van der Waals surface area contributed by atoms with Crippen LogP contribution in [0.1, 0.15) is 13.8 Å². The summed E-state index contributed by atoms with van der Waals surface area (Å²) in [6, 6.07) is 1.70. The zero-order chi connectivity index (χ0) is 17.6. The second-order valence-corrected chi connectivity index (χ2v) is 8.16. The number of rotatable bonds is 6. The Labute approximate surface area is 155 Å². The third-order valence-electron chi connectivity index (χ3n) is 3.75. The van der Waals surface area contributed by atoms with Gasteiger partial charge >= 0.3 is 6.03 Å². The third-order valence-corrected chi connectivity index (χ3v) is 5.32. The standard InChI is InChI=1S/C16H23N5O2S2/c1-11(2)8-21-4-5-23-13(9-21)7-17-15(22)18-16-20-19-14(25-16)12-3-6-24-10-12/h3,6,10-11,13H,4-5,7-9H2,1-2H3,(H2,17,18,20,22). The molecule has 1 aliphatic rings. The number of nitrogens with zero attached hydrogens (tertiary/aromatic N) is 3. The number of morpholine rings is 1. The molecule has 0 aliphatic carbocycles. The molecular formula is C16H23N5O2S2. The molecule has 1 saturated heterocycles.